The fraction of sp³-hybridized carbons (Fsp3) is 0.286. The number of nitrogens with zero attached hydrogens (tertiary/aromatic N) is 2. The molecule has 1 atom stereocenters. The van der Waals surface area contributed by atoms with Gasteiger partial charge in [-0.2, -0.15) is 0 Å². The predicted molar refractivity (Wildman–Crippen MR) is 97.8 cm³/mol. The molecule has 6 nitrogen and oxygen atoms in total. The van der Waals surface area contributed by atoms with Crippen LogP contribution in [0.4, 0.5) is 0 Å². The molecule has 0 saturated carbocycles. The Morgan fingerprint density at radius 2 is 2.30 bits per heavy atom. The first-order valence-electron chi connectivity index (χ1n) is 6.65. The van der Waals surface area contributed by atoms with E-state index in [1.165, 1.54) is 0 Å². The molecule has 23 heavy (non-hydrogen) atoms. The minimum absolute atomic E-state index is 0.174. The van der Waals surface area contributed by atoms with Gasteiger partial charge >= 0.3 is 0 Å². The first kappa shape index (κ1) is 17.9. The average molecular weight is 372 g/mol. The number of methoxy groups -OCH3 is 1. The van der Waals surface area contributed by atoms with E-state index < -0.39 is 5.25 Å². The molecule has 0 fully saturated rings. The van der Waals surface area contributed by atoms with Crippen molar-refractivity contribution in [3.05, 3.63) is 36.4 Å². The highest BCUT2D eigenvalue weighted by molar-refractivity contribution is 8.69. The zero-order chi connectivity index (χ0) is 16.8. The molecule has 0 aliphatic rings. The summed E-state index contributed by atoms with van der Waals surface area (Å²) in [5, 5.41) is -0.460. The molecule has 0 spiro atoms. The molecular formula is C14H17N3O3S3. The molecule has 1 aromatic carbocycles. The molecule has 0 aliphatic carbocycles. The molecule has 1 unspecified atom stereocenters. The van der Waals surface area contributed by atoms with E-state index in [4.69, 9.17) is 9.47 Å². The lowest BCUT2D eigenvalue weighted by molar-refractivity contribution is -0.119. The molecular weight excluding hydrogens is 354 g/mol. The molecule has 0 radical (unpaired) electrons. The fourth-order valence-electron chi connectivity index (χ4n) is 1.91. The van der Waals surface area contributed by atoms with Gasteiger partial charge in [-0.05, 0) is 19.1 Å². The third-order valence-electron chi connectivity index (χ3n) is 3.07. The SMILES string of the molecule is COc1cc(OCC(SS)C(=O)NS)ccc1-n1cnc(C)c1. The second-order valence-corrected chi connectivity index (χ2v) is 6.27. The summed E-state index contributed by atoms with van der Waals surface area (Å²) in [6.07, 6.45) is 3.63. The minimum atomic E-state index is -0.460. The number of thiol groups is 2. The van der Waals surface area contributed by atoms with Crippen LogP contribution in [-0.2, 0) is 4.79 Å². The van der Waals surface area contributed by atoms with Crippen LogP contribution in [0.3, 0.4) is 0 Å². The van der Waals surface area contributed by atoms with Crippen LogP contribution >= 0.6 is 35.3 Å². The maximum absolute atomic E-state index is 11.6. The summed E-state index contributed by atoms with van der Waals surface area (Å²) in [6, 6.07) is 5.45. The van der Waals surface area contributed by atoms with Crippen LogP contribution in [0.1, 0.15) is 5.69 Å². The van der Waals surface area contributed by atoms with Crippen molar-refractivity contribution in [2.24, 2.45) is 0 Å². The normalized spacial score (nSPS) is 11.8. The zero-order valence-corrected chi connectivity index (χ0v) is 15.2. The number of benzene rings is 1. The average Bonchev–Trinajstić information content (AvgIpc) is 3.01. The Kier molecular flexibility index (Phi) is 6.55. The maximum atomic E-state index is 11.6. The van der Waals surface area contributed by atoms with Crippen LogP contribution < -0.4 is 14.2 Å². The molecule has 0 aliphatic heterocycles. The van der Waals surface area contributed by atoms with Crippen molar-refractivity contribution >= 4 is 41.2 Å². The number of aryl methyl sites for hydroxylation is 1. The third-order valence-corrected chi connectivity index (χ3v) is 4.66. The number of aromatic nitrogens is 2. The van der Waals surface area contributed by atoms with Gasteiger partial charge in [-0.15, -0.1) is 11.7 Å². The van der Waals surface area contributed by atoms with Crippen molar-refractivity contribution in [3.8, 4) is 17.2 Å². The second kappa shape index (κ2) is 8.42. The Bertz CT molecular complexity index is 678. The Labute approximate surface area is 149 Å². The number of carbonyl (C=O) groups excluding carboxylic acids is 1. The van der Waals surface area contributed by atoms with E-state index in [0.29, 0.717) is 11.5 Å². The van der Waals surface area contributed by atoms with E-state index in [1.807, 2.05) is 29.8 Å². The molecule has 1 heterocycles. The molecule has 1 N–H and O–H groups in total. The highest BCUT2D eigenvalue weighted by atomic mass is 33.1. The number of hydrogen-bond acceptors (Lipinski definition) is 7. The molecule has 1 aromatic heterocycles. The number of imidazole rings is 1. The number of nitrogens with one attached hydrogen (secondary N) is 1. The van der Waals surface area contributed by atoms with Gasteiger partial charge in [-0.1, -0.05) is 23.6 Å². The molecule has 124 valence electrons. The van der Waals surface area contributed by atoms with Crippen molar-refractivity contribution in [1.29, 1.82) is 0 Å². The van der Waals surface area contributed by atoms with E-state index in [9.17, 15) is 4.79 Å². The predicted octanol–water partition coefficient (Wildman–Crippen LogP) is 2.48. The van der Waals surface area contributed by atoms with Gasteiger partial charge in [-0.3, -0.25) is 4.79 Å². The molecule has 2 aromatic rings. The molecule has 0 saturated heterocycles. The summed E-state index contributed by atoms with van der Waals surface area (Å²) in [5.74, 6) is 0.987. The number of rotatable bonds is 7. The Hall–Kier alpha value is -1.45. The van der Waals surface area contributed by atoms with Gasteiger partial charge in [0, 0.05) is 12.3 Å². The highest BCUT2D eigenvalue weighted by Crippen LogP contribution is 2.28. The summed E-state index contributed by atoms with van der Waals surface area (Å²) in [5.41, 5.74) is 1.77. The Morgan fingerprint density at radius 3 is 2.87 bits per heavy atom. The number of ether oxygens (including phenoxy) is 2. The van der Waals surface area contributed by atoms with Gasteiger partial charge in [-0.25, -0.2) is 4.98 Å². The molecule has 2 rings (SSSR count). The van der Waals surface area contributed by atoms with E-state index >= 15 is 0 Å². The number of carbonyl (C=O) groups is 1. The van der Waals surface area contributed by atoms with Crippen LogP contribution in [0, 0.1) is 6.92 Å². The summed E-state index contributed by atoms with van der Waals surface area (Å²) >= 11 is 7.81. The molecule has 1 amide bonds. The van der Waals surface area contributed by atoms with E-state index in [0.717, 1.165) is 22.2 Å². The lowest BCUT2D eigenvalue weighted by Crippen LogP contribution is -2.30. The van der Waals surface area contributed by atoms with Gasteiger partial charge in [0.15, 0.2) is 0 Å². The van der Waals surface area contributed by atoms with Crippen LogP contribution in [0.2, 0.25) is 0 Å². The monoisotopic (exact) mass is 371 g/mol. The first-order valence-corrected chi connectivity index (χ1v) is 9.03. The standard InChI is InChI=1S/C14H17N3O3S3/c1-9-6-17(8-15-9)11-4-3-10(5-12(11)19-2)20-7-13(23-22)14(18)16-21/h3-6,8,13,21-22H,7H2,1-2H3,(H,16,18). The Morgan fingerprint density at radius 1 is 1.52 bits per heavy atom. The topological polar surface area (TPSA) is 65.4 Å². The van der Waals surface area contributed by atoms with Crippen LogP contribution in [0.25, 0.3) is 5.69 Å². The van der Waals surface area contributed by atoms with E-state index in [-0.39, 0.29) is 12.5 Å². The van der Waals surface area contributed by atoms with Crippen LogP contribution in [-0.4, -0.2) is 34.4 Å². The van der Waals surface area contributed by atoms with Crippen LogP contribution in [0.5, 0.6) is 11.5 Å². The lowest BCUT2D eigenvalue weighted by Gasteiger charge is -2.15. The van der Waals surface area contributed by atoms with Gasteiger partial charge in [0.05, 0.1) is 24.8 Å². The summed E-state index contributed by atoms with van der Waals surface area (Å²) in [6.45, 7) is 2.09. The third kappa shape index (κ3) is 4.52. The smallest absolute Gasteiger partial charge is 0.247 e. The molecule has 0 bridgehead atoms. The van der Waals surface area contributed by atoms with Crippen molar-refractivity contribution in [1.82, 2.24) is 14.3 Å². The van der Waals surface area contributed by atoms with Crippen LogP contribution in [0.15, 0.2) is 30.7 Å². The first-order chi connectivity index (χ1) is 11.1. The number of hydrogen-bond donors (Lipinski definition) is 3. The van der Waals surface area contributed by atoms with Gasteiger partial charge in [0.25, 0.3) is 0 Å². The van der Waals surface area contributed by atoms with Gasteiger partial charge in [0.2, 0.25) is 5.91 Å². The quantitative estimate of drug-likeness (QED) is 0.515. The largest absolute Gasteiger partial charge is 0.494 e. The summed E-state index contributed by atoms with van der Waals surface area (Å²) in [4.78, 5) is 15.8. The second-order valence-electron chi connectivity index (χ2n) is 4.64. The van der Waals surface area contributed by atoms with E-state index in [1.54, 1.807) is 19.5 Å². The summed E-state index contributed by atoms with van der Waals surface area (Å²) < 4.78 is 15.2. The minimum Gasteiger partial charge on any atom is -0.494 e. The van der Waals surface area contributed by atoms with Gasteiger partial charge < -0.3 is 18.8 Å². The maximum Gasteiger partial charge on any atom is 0.247 e. The van der Waals surface area contributed by atoms with E-state index in [2.05, 4.69) is 34.2 Å². The fourth-order valence-corrected chi connectivity index (χ4v) is 2.91. The van der Waals surface area contributed by atoms with Crippen molar-refractivity contribution in [2.75, 3.05) is 13.7 Å². The van der Waals surface area contributed by atoms with Crippen molar-refractivity contribution < 1.29 is 14.3 Å². The Balaban J connectivity index is 2.14. The highest BCUT2D eigenvalue weighted by Gasteiger charge is 2.18. The molecule has 9 heteroatoms. The lowest BCUT2D eigenvalue weighted by atomic mass is 10.2. The number of amides is 1. The van der Waals surface area contributed by atoms with Crippen molar-refractivity contribution in [3.63, 3.8) is 0 Å². The van der Waals surface area contributed by atoms with Crippen molar-refractivity contribution in [2.45, 2.75) is 12.2 Å². The zero-order valence-electron chi connectivity index (χ0n) is 12.6. The van der Waals surface area contributed by atoms with Gasteiger partial charge in [0.1, 0.15) is 23.4 Å². The summed E-state index contributed by atoms with van der Waals surface area (Å²) in [7, 11) is 2.69.